The van der Waals surface area contributed by atoms with Gasteiger partial charge in [-0.05, 0) is 6.29 Å². The molecule has 0 heterocycles. The number of nitrogens with zero attached hydrogens (tertiary/aromatic N) is 1. The van der Waals surface area contributed by atoms with Gasteiger partial charge in [0.05, 0.1) is 0 Å². The molecule has 0 aromatic heterocycles. The molecule has 0 aliphatic heterocycles. The van der Waals surface area contributed by atoms with E-state index >= 15 is 0 Å². The molecule has 0 amide bonds. The normalized spacial score (nSPS) is 2.29. The zero-order chi connectivity index (χ0) is 3.41. The fourth-order valence-corrected chi connectivity index (χ4v) is 0. The zero-order valence-electron chi connectivity index (χ0n) is 3.30. The molecule has 0 N–H and O–H groups in total. The van der Waals surface area contributed by atoms with Crippen LogP contribution in [-0.4, -0.2) is 0 Å². The third-order valence-electron chi connectivity index (χ3n) is 0.0745. The minimum atomic E-state index is 0. The molecule has 0 fully saturated rings. The van der Waals surface area contributed by atoms with Crippen LogP contribution in [0.5, 0.6) is 0 Å². The molecule has 0 saturated heterocycles. The summed E-state index contributed by atoms with van der Waals surface area (Å²) in [5.74, 6) is 0. The molecule has 43 valence electrons. The van der Waals surface area contributed by atoms with Gasteiger partial charge < -0.3 is 4.85 Å². The average Bonchev–Trinajstić information content (AvgIpc) is 1.37. The van der Waals surface area contributed by atoms with E-state index in [-0.39, 0.29) is 54.2 Å². The summed E-state index contributed by atoms with van der Waals surface area (Å²) in [5, 5.41) is 0. The second-order valence-electron chi connectivity index (χ2n) is 0.278. The molecule has 0 rings (SSSR count). The van der Waals surface area contributed by atoms with Gasteiger partial charge in [-0.3, -0.25) is 6.57 Å². The van der Waals surface area contributed by atoms with E-state index in [1.165, 1.54) is 6.29 Å². The van der Waals surface area contributed by atoms with Gasteiger partial charge in [0.1, 0.15) is 0 Å². The molecular formula is C2H3CuNPV2-. The summed E-state index contributed by atoms with van der Waals surface area (Å²) in [6.45, 7) is 6.00. The van der Waals surface area contributed by atoms with Gasteiger partial charge in [-0.2, -0.15) is 0 Å². The molecule has 0 bridgehead atoms. The Bertz CT molecular complexity index is 45.4. The third kappa shape index (κ3) is 36.5. The standard InChI is InChI=1S/C2H3NP.Cu.2V/c1-3-2-4;;;/h2H,4H2;;;/q-1;;;. The summed E-state index contributed by atoms with van der Waals surface area (Å²) in [4.78, 5) is 2.82. The Hall–Kier alpha value is 1.48. The number of hydrogen-bond donors (Lipinski definition) is 0. The average molecular weight is 237 g/mol. The van der Waals surface area contributed by atoms with Crippen molar-refractivity contribution in [2.24, 2.45) is 0 Å². The van der Waals surface area contributed by atoms with Crippen molar-refractivity contribution in [1.29, 1.82) is 0 Å². The van der Waals surface area contributed by atoms with Gasteiger partial charge in [-0.15, -0.1) is 0 Å². The van der Waals surface area contributed by atoms with Gasteiger partial charge in [0.15, 0.2) is 0 Å². The van der Waals surface area contributed by atoms with Crippen LogP contribution in [0.1, 0.15) is 0 Å². The van der Waals surface area contributed by atoms with Gasteiger partial charge in [0.2, 0.25) is 0 Å². The number of rotatable bonds is 0. The van der Waals surface area contributed by atoms with E-state index in [4.69, 9.17) is 6.57 Å². The van der Waals surface area contributed by atoms with E-state index in [1.807, 2.05) is 0 Å². The first-order valence-corrected chi connectivity index (χ1v) is 1.48. The van der Waals surface area contributed by atoms with Crippen molar-refractivity contribution >= 4 is 9.24 Å². The van der Waals surface area contributed by atoms with E-state index in [9.17, 15) is 0 Å². The van der Waals surface area contributed by atoms with Gasteiger partial charge in [0.25, 0.3) is 0 Å². The Morgan fingerprint density at radius 2 is 1.57 bits per heavy atom. The predicted octanol–water partition coefficient (Wildman–Crippen LogP) is 0.893. The smallest absolute Gasteiger partial charge is 0 e. The monoisotopic (exact) mass is 237 g/mol. The van der Waals surface area contributed by atoms with Crippen molar-refractivity contribution in [1.82, 2.24) is 0 Å². The molecule has 0 aliphatic carbocycles. The van der Waals surface area contributed by atoms with Crippen molar-refractivity contribution in [3.63, 3.8) is 0 Å². The molecule has 1 atom stereocenters. The largest absolute Gasteiger partial charge is 0.457 e. The fraction of sp³-hybridized carbons (Fsp3) is 0. The quantitative estimate of drug-likeness (QED) is 0.335. The molecule has 0 saturated carbocycles. The summed E-state index contributed by atoms with van der Waals surface area (Å²) >= 11 is 0. The van der Waals surface area contributed by atoms with E-state index in [0.717, 1.165) is 0 Å². The number of hydrogen-bond acceptors (Lipinski definition) is 0. The minimum absolute atomic E-state index is 0. The van der Waals surface area contributed by atoms with E-state index in [0.29, 0.717) is 0 Å². The first-order chi connectivity index (χ1) is 1.91. The molecule has 1 nitrogen and oxygen atoms in total. The van der Waals surface area contributed by atoms with Crippen LogP contribution in [-0.2, 0) is 54.2 Å². The summed E-state index contributed by atoms with van der Waals surface area (Å²) in [6, 6.07) is 0. The van der Waals surface area contributed by atoms with Crippen molar-refractivity contribution in [3.8, 4) is 0 Å². The zero-order valence-corrected chi connectivity index (χ0v) is 8.19. The molecule has 0 aromatic rings. The molecule has 1 unspecified atom stereocenters. The summed E-state index contributed by atoms with van der Waals surface area (Å²) in [6.07, 6.45) is 1.33. The molecule has 0 aromatic carbocycles. The molecule has 5 heteroatoms. The van der Waals surface area contributed by atoms with Crippen molar-refractivity contribution < 1.29 is 54.2 Å². The summed E-state index contributed by atoms with van der Waals surface area (Å²) in [5.41, 5.74) is 0. The third-order valence-corrected chi connectivity index (χ3v) is 0.224. The molecule has 3 radical (unpaired) electrons. The van der Waals surface area contributed by atoms with Gasteiger partial charge in [-0.1, -0.05) is 0 Å². The molecule has 0 aliphatic rings. The molecular weight excluding hydrogens is 234 g/mol. The van der Waals surface area contributed by atoms with Crippen LogP contribution in [0.4, 0.5) is 0 Å². The predicted molar refractivity (Wildman–Crippen MR) is 20.6 cm³/mol. The van der Waals surface area contributed by atoms with Crippen LogP contribution in [0, 0.1) is 12.9 Å². The van der Waals surface area contributed by atoms with Crippen LogP contribution >= 0.6 is 9.24 Å². The van der Waals surface area contributed by atoms with E-state index < -0.39 is 0 Å². The molecule has 0 spiro atoms. The first-order valence-electron chi connectivity index (χ1n) is 0.815. The fourth-order valence-electron chi connectivity index (χ4n) is 0. The molecule has 7 heavy (non-hydrogen) atoms. The minimum Gasteiger partial charge on any atom is -0.457 e. The second-order valence-corrected chi connectivity index (χ2v) is 0.576. The maximum absolute atomic E-state index is 6.00. The summed E-state index contributed by atoms with van der Waals surface area (Å²) in [7, 11) is 2.18. The Labute approximate surface area is 80.6 Å². The van der Waals surface area contributed by atoms with Crippen LogP contribution in [0.3, 0.4) is 0 Å². The Morgan fingerprint density at radius 3 is 1.57 bits per heavy atom. The maximum Gasteiger partial charge on any atom is 0 e. The van der Waals surface area contributed by atoms with Crippen LogP contribution in [0.15, 0.2) is 0 Å². The first kappa shape index (κ1) is 23.6. The SMILES string of the molecule is [C-]#[N+][CH-]P.[Cu].[V].[V]. The van der Waals surface area contributed by atoms with Gasteiger partial charge in [0, 0.05) is 54.2 Å². The summed E-state index contributed by atoms with van der Waals surface area (Å²) < 4.78 is 0. The van der Waals surface area contributed by atoms with Crippen LogP contribution in [0.25, 0.3) is 4.85 Å². The second kappa shape index (κ2) is 25.9. The van der Waals surface area contributed by atoms with Crippen molar-refractivity contribution in [2.75, 3.05) is 0 Å². The van der Waals surface area contributed by atoms with Crippen molar-refractivity contribution in [2.45, 2.75) is 0 Å². The van der Waals surface area contributed by atoms with E-state index in [1.54, 1.807) is 0 Å². The Kier molecular flexibility index (Phi) is 87.6. The Balaban J connectivity index is -0.0000000150. The van der Waals surface area contributed by atoms with Crippen LogP contribution < -0.4 is 0 Å². The van der Waals surface area contributed by atoms with Gasteiger partial charge in [-0.25, -0.2) is 9.24 Å². The topological polar surface area (TPSA) is 4.36 Å². The van der Waals surface area contributed by atoms with Crippen LogP contribution in [0.2, 0.25) is 0 Å². The van der Waals surface area contributed by atoms with Crippen molar-refractivity contribution in [3.05, 3.63) is 17.7 Å². The maximum atomic E-state index is 6.00. The van der Waals surface area contributed by atoms with E-state index in [2.05, 4.69) is 14.1 Å². The van der Waals surface area contributed by atoms with Gasteiger partial charge >= 0.3 is 0 Å². The Morgan fingerprint density at radius 1 is 1.43 bits per heavy atom.